The zero-order valence-corrected chi connectivity index (χ0v) is 13.7. The van der Waals surface area contributed by atoms with Crippen molar-refractivity contribution in [1.82, 2.24) is 0 Å². The molecule has 2 aromatic carbocycles. The molecule has 18 heavy (non-hydrogen) atoms. The van der Waals surface area contributed by atoms with Crippen molar-refractivity contribution < 1.29 is 5.11 Å². The van der Waals surface area contributed by atoms with Gasteiger partial charge in [0.25, 0.3) is 0 Å². The van der Waals surface area contributed by atoms with Gasteiger partial charge in [-0.2, -0.15) is 0 Å². The quantitative estimate of drug-likeness (QED) is 0.683. The monoisotopic (exact) mass is 408 g/mol. The Morgan fingerprint density at radius 2 is 1.56 bits per heavy atom. The van der Waals surface area contributed by atoms with E-state index in [-0.39, 0.29) is 0 Å². The summed E-state index contributed by atoms with van der Waals surface area (Å²) in [5.74, 6) is 0. The van der Waals surface area contributed by atoms with Crippen molar-refractivity contribution >= 4 is 55.1 Å². The molecule has 1 nitrogen and oxygen atoms in total. The Balaban J connectivity index is 2.47. The van der Waals surface area contributed by atoms with Gasteiger partial charge in [-0.15, -0.1) is 0 Å². The Morgan fingerprint density at radius 3 is 2.17 bits per heavy atom. The van der Waals surface area contributed by atoms with Crippen LogP contribution in [0.2, 0.25) is 10.0 Å². The van der Waals surface area contributed by atoms with Gasteiger partial charge in [-0.1, -0.05) is 55.1 Å². The molecule has 0 aromatic heterocycles. The number of rotatable bonds is 2. The number of aliphatic hydroxyl groups is 1. The average molecular weight is 411 g/mol. The number of benzene rings is 2. The van der Waals surface area contributed by atoms with Crippen molar-refractivity contribution in [3.8, 4) is 0 Å². The van der Waals surface area contributed by atoms with Crippen molar-refractivity contribution in [2.45, 2.75) is 6.10 Å². The number of halogens is 4. The zero-order chi connectivity index (χ0) is 13.3. The van der Waals surface area contributed by atoms with Gasteiger partial charge in [-0.3, -0.25) is 0 Å². The maximum absolute atomic E-state index is 10.4. The SMILES string of the molecule is OC(c1cc(Cl)cc(Cl)c1)c1cc(Br)ccc1Br. The Labute approximate surface area is 132 Å². The van der Waals surface area contributed by atoms with Crippen molar-refractivity contribution in [3.05, 3.63) is 66.5 Å². The second kappa shape index (κ2) is 5.93. The largest absolute Gasteiger partial charge is 0.384 e. The Kier molecular flexibility index (Phi) is 4.73. The first-order chi connectivity index (χ1) is 8.47. The van der Waals surface area contributed by atoms with E-state index < -0.39 is 6.10 Å². The smallest absolute Gasteiger partial charge is 0.105 e. The average Bonchev–Trinajstić information content (AvgIpc) is 2.30. The van der Waals surface area contributed by atoms with E-state index >= 15 is 0 Å². The first-order valence-corrected chi connectivity index (χ1v) is 7.40. The van der Waals surface area contributed by atoms with Gasteiger partial charge in [0.15, 0.2) is 0 Å². The minimum Gasteiger partial charge on any atom is -0.384 e. The van der Waals surface area contributed by atoms with Crippen LogP contribution < -0.4 is 0 Å². The van der Waals surface area contributed by atoms with Crippen molar-refractivity contribution in [3.63, 3.8) is 0 Å². The molecule has 0 aliphatic carbocycles. The summed E-state index contributed by atoms with van der Waals surface area (Å²) in [7, 11) is 0. The molecule has 0 heterocycles. The van der Waals surface area contributed by atoms with Crippen LogP contribution in [0.5, 0.6) is 0 Å². The van der Waals surface area contributed by atoms with E-state index in [9.17, 15) is 5.11 Å². The van der Waals surface area contributed by atoms with Gasteiger partial charge in [0, 0.05) is 24.6 Å². The summed E-state index contributed by atoms with van der Waals surface area (Å²) < 4.78 is 1.72. The highest BCUT2D eigenvalue weighted by Crippen LogP contribution is 2.33. The predicted octanol–water partition coefficient (Wildman–Crippen LogP) is 5.60. The summed E-state index contributed by atoms with van der Waals surface area (Å²) in [6, 6.07) is 10.6. The van der Waals surface area contributed by atoms with Gasteiger partial charge in [-0.25, -0.2) is 0 Å². The van der Waals surface area contributed by atoms with Gasteiger partial charge in [0.1, 0.15) is 6.10 Å². The molecule has 2 rings (SSSR count). The standard InChI is InChI=1S/C13H8Br2Cl2O/c14-8-1-2-12(15)11(5-8)13(18)7-3-9(16)6-10(17)4-7/h1-6,13,18H. The van der Waals surface area contributed by atoms with Crippen LogP contribution in [-0.4, -0.2) is 5.11 Å². The number of hydrogen-bond acceptors (Lipinski definition) is 1. The molecular formula is C13H8Br2Cl2O. The fourth-order valence-corrected chi connectivity index (χ4v) is 3.02. The van der Waals surface area contributed by atoms with Crippen LogP contribution in [0.3, 0.4) is 0 Å². The molecule has 5 heteroatoms. The first kappa shape index (κ1) is 14.4. The molecule has 1 unspecified atom stereocenters. The molecule has 0 amide bonds. The summed E-state index contributed by atoms with van der Waals surface area (Å²) in [5, 5.41) is 11.4. The Hall–Kier alpha value is -0.0600. The summed E-state index contributed by atoms with van der Waals surface area (Å²) in [6.07, 6.45) is -0.784. The molecule has 0 aliphatic rings. The lowest BCUT2D eigenvalue weighted by molar-refractivity contribution is 0.219. The molecular weight excluding hydrogens is 403 g/mol. The molecule has 94 valence electrons. The molecule has 0 saturated heterocycles. The van der Waals surface area contributed by atoms with E-state index in [0.29, 0.717) is 15.6 Å². The highest BCUT2D eigenvalue weighted by molar-refractivity contribution is 9.11. The topological polar surface area (TPSA) is 20.2 Å². The van der Waals surface area contributed by atoms with Crippen LogP contribution >= 0.6 is 55.1 Å². The van der Waals surface area contributed by atoms with Crippen molar-refractivity contribution in [2.75, 3.05) is 0 Å². The molecule has 1 N–H and O–H groups in total. The van der Waals surface area contributed by atoms with Crippen LogP contribution in [0, 0.1) is 0 Å². The summed E-state index contributed by atoms with van der Waals surface area (Å²) in [5.41, 5.74) is 1.41. The lowest BCUT2D eigenvalue weighted by atomic mass is 10.0. The molecule has 2 aromatic rings. The van der Waals surface area contributed by atoms with E-state index in [1.165, 1.54) is 0 Å². The van der Waals surface area contributed by atoms with Gasteiger partial charge < -0.3 is 5.11 Å². The van der Waals surface area contributed by atoms with Gasteiger partial charge in [0.05, 0.1) is 0 Å². The van der Waals surface area contributed by atoms with Gasteiger partial charge in [0.2, 0.25) is 0 Å². The van der Waals surface area contributed by atoms with Gasteiger partial charge in [-0.05, 0) is 42.0 Å². The minimum atomic E-state index is -0.784. The normalized spacial score (nSPS) is 12.5. The molecule has 0 aliphatic heterocycles. The Bertz CT molecular complexity index is 567. The highest BCUT2D eigenvalue weighted by atomic mass is 79.9. The highest BCUT2D eigenvalue weighted by Gasteiger charge is 2.15. The van der Waals surface area contributed by atoms with Crippen molar-refractivity contribution in [1.29, 1.82) is 0 Å². The fourth-order valence-electron chi connectivity index (χ4n) is 1.64. The third kappa shape index (κ3) is 3.28. The number of hydrogen-bond donors (Lipinski definition) is 1. The second-order valence-electron chi connectivity index (χ2n) is 3.77. The van der Waals surface area contributed by atoms with Gasteiger partial charge >= 0.3 is 0 Å². The molecule has 1 atom stereocenters. The zero-order valence-electron chi connectivity index (χ0n) is 9.00. The lowest BCUT2D eigenvalue weighted by Crippen LogP contribution is -2.01. The third-order valence-electron chi connectivity index (χ3n) is 2.45. The summed E-state index contributed by atoms with van der Waals surface area (Å²) >= 11 is 18.7. The van der Waals surface area contributed by atoms with E-state index in [0.717, 1.165) is 14.5 Å². The first-order valence-electron chi connectivity index (χ1n) is 5.06. The molecule has 0 spiro atoms. The van der Waals surface area contributed by atoms with E-state index in [2.05, 4.69) is 31.9 Å². The van der Waals surface area contributed by atoms with Crippen LogP contribution in [0.25, 0.3) is 0 Å². The predicted molar refractivity (Wildman–Crippen MR) is 82.4 cm³/mol. The third-order valence-corrected chi connectivity index (χ3v) is 4.11. The fraction of sp³-hybridized carbons (Fsp3) is 0.0769. The maximum atomic E-state index is 10.4. The Morgan fingerprint density at radius 1 is 0.944 bits per heavy atom. The van der Waals surface area contributed by atoms with Crippen LogP contribution in [0.15, 0.2) is 45.3 Å². The van der Waals surface area contributed by atoms with E-state index in [1.807, 2.05) is 18.2 Å². The summed E-state index contributed by atoms with van der Waals surface area (Å²) in [6.45, 7) is 0. The minimum absolute atomic E-state index is 0.502. The molecule has 0 radical (unpaired) electrons. The lowest BCUT2D eigenvalue weighted by Gasteiger charge is -2.14. The molecule has 0 fully saturated rings. The summed E-state index contributed by atoms with van der Waals surface area (Å²) in [4.78, 5) is 0. The van der Waals surface area contributed by atoms with Crippen molar-refractivity contribution in [2.24, 2.45) is 0 Å². The molecule has 0 bridgehead atoms. The maximum Gasteiger partial charge on any atom is 0.105 e. The van der Waals surface area contributed by atoms with Crippen LogP contribution in [-0.2, 0) is 0 Å². The second-order valence-corrected chi connectivity index (χ2v) is 6.41. The van der Waals surface area contributed by atoms with E-state index in [4.69, 9.17) is 23.2 Å². The number of aliphatic hydroxyl groups excluding tert-OH is 1. The molecule has 0 saturated carbocycles. The van der Waals surface area contributed by atoms with Crippen LogP contribution in [0.4, 0.5) is 0 Å². The van der Waals surface area contributed by atoms with Crippen LogP contribution in [0.1, 0.15) is 17.2 Å². The van der Waals surface area contributed by atoms with E-state index in [1.54, 1.807) is 18.2 Å².